The lowest BCUT2D eigenvalue weighted by Crippen LogP contribution is -2.26. The average molecular weight is 353 g/mol. The smallest absolute Gasteiger partial charge is 0.223 e. The lowest BCUT2D eigenvalue weighted by molar-refractivity contribution is -0.121. The van der Waals surface area contributed by atoms with Gasteiger partial charge >= 0.3 is 0 Å². The van der Waals surface area contributed by atoms with Crippen molar-refractivity contribution in [3.63, 3.8) is 0 Å². The van der Waals surface area contributed by atoms with Crippen LogP contribution in [0.3, 0.4) is 0 Å². The predicted octanol–water partition coefficient (Wildman–Crippen LogP) is 2.09. The number of aromatic amines is 1. The van der Waals surface area contributed by atoms with E-state index >= 15 is 0 Å². The van der Waals surface area contributed by atoms with Gasteiger partial charge in [0.1, 0.15) is 17.9 Å². The second-order valence-electron chi connectivity index (χ2n) is 4.44. The molecule has 0 aliphatic carbocycles. The highest BCUT2D eigenvalue weighted by atomic mass is 79.9. The molecule has 0 atom stereocenters. The summed E-state index contributed by atoms with van der Waals surface area (Å²) in [6.07, 6.45) is 3.42. The van der Waals surface area contributed by atoms with Crippen LogP contribution >= 0.6 is 15.9 Å². The van der Waals surface area contributed by atoms with E-state index in [0.717, 1.165) is 28.9 Å². The number of nitrogens with zero attached hydrogens (tertiary/aromatic N) is 2. The molecule has 2 aromatic rings. The van der Waals surface area contributed by atoms with Gasteiger partial charge in [-0.15, -0.1) is 0 Å². The highest BCUT2D eigenvalue weighted by molar-refractivity contribution is 9.10. The number of carbonyl (C=O) groups excluding carboxylic acids is 1. The van der Waals surface area contributed by atoms with E-state index in [9.17, 15) is 4.79 Å². The van der Waals surface area contributed by atoms with Crippen molar-refractivity contribution in [1.29, 1.82) is 0 Å². The Morgan fingerprint density at radius 2 is 2.33 bits per heavy atom. The molecule has 7 heteroatoms. The van der Waals surface area contributed by atoms with Gasteiger partial charge < -0.3 is 10.1 Å². The summed E-state index contributed by atoms with van der Waals surface area (Å²) in [5.74, 6) is 1.58. The minimum absolute atomic E-state index is 0.0115. The van der Waals surface area contributed by atoms with Crippen molar-refractivity contribution in [3.05, 3.63) is 40.9 Å². The van der Waals surface area contributed by atoms with E-state index in [-0.39, 0.29) is 5.91 Å². The van der Waals surface area contributed by atoms with Crippen LogP contribution in [-0.4, -0.2) is 34.2 Å². The van der Waals surface area contributed by atoms with Gasteiger partial charge in [0, 0.05) is 17.4 Å². The first-order valence-electron chi connectivity index (χ1n) is 6.73. The van der Waals surface area contributed by atoms with E-state index in [1.807, 2.05) is 24.3 Å². The zero-order valence-electron chi connectivity index (χ0n) is 11.5. The minimum Gasteiger partial charge on any atom is -0.493 e. The molecular weight excluding hydrogens is 336 g/mol. The van der Waals surface area contributed by atoms with Gasteiger partial charge in [0.15, 0.2) is 0 Å². The normalized spacial score (nSPS) is 10.3. The van der Waals surface area contributed by atoms with Crippen LogP contribution in [0.4, 0.5) is 0 Å². The minimum atomic E-state index is -0.0115. The fraction of sp³-hybridized carbons (Fsp3) is 0.357. The SMILES string of the molecule is O=C(CCOc1cccc(Br)c1)NCCCc1ncn[nH]1. The second-order valence-corrected chi connectivity index (χ2v) is 5.36. The van der Waals surface area contributed by atoms with Crippen LogP contribution in [0.2, 0.25) is 0 Å². The number of aryl methyl sites for hydroxylation is 1. The highest BCUT2D eigenvalue weighted by Gasteiger charge is 2.02. The quantitative estimate of drug-likeness (QED) is 0.712. The summed E-state index contributed by atoms with van der Waals surface area (Å²) in [6, 6.07) is 7.55. The Kier molecular flexibility index (Phi) is 6.21. The molecule has 2 N–H and O–H groups in total. The number of carbonyl (C=O) groups is 1. The van der Waals surface area contributed by atoms with E-state index in [4.69, 9.17) is 4.74 Å². The van der Waals surface area contributed by atoms with Crippen LogP contribution in [0.15, 0.2) is 35.1 Å². The van der Waals surface area contributed by atoms with Crippen molar-refractivity contribution in [3.8, 4) is 5.75 Å². The molecule has 0 radical (unpaired) electrons. The highest BCUT2D eigenvalue weighted by Crippen LogP contribution is 2.17. The van der Waals surface area contributed by atoms with Crippen LogP contribution < -0.4 is 10.1 Å². The van der Waals surface area contributed by atoms with Gasteiger partial charge in [-0.3, -0.25) is 9.89 Å². The number of ether oxygens (including phenoxy) is 1. The van der Waals surface area contributed by atoms with E-state index in [2.05, 4.69) is 36.4 Å². The average Bonchev–Trinajstić information content (AvgIpc) is 2.97. The number of aromatic nitrogens is 3. The van der Waals surface area contributed by atoms with Crippen LogP contribution in [-0.2, 0) is 11.2 Å². The van der Waals surface area contributed by atoms with Gasteiger partial charge in [-0.05, 0) is 24.6 Å². The van der Waals surface area contributed by atoms with E-state index in [1.165, 1.54) is 6.33 Å². The molecule has 1 amide bonds. The fourth-order valence-corrected chi connectivity index (χ4v) is 2.12. The van der Waals surface area contributed by atoms with Crippen LogP contribution in [0.5, 0.6) is 5.75 Å². The number of halogens is 1. The Morgan fingerprint density at radius 3 is 3.10 bits per heavy atom. The Balaban J connectivity index is 1.55. The predicted molar refractivity (Wildman–Crippen MR) is 82.0 cm³/mol. The maximum atomic E-state index is 11.6. The molecule has 0 spiro atoms. The summed E-state index contributed by atoms with van der Waals surface area (Å²) in [7, 11) is 0. The lowest BCUT2D eigenvalue weighted by Gasteiger charge is -2.07. The van der Waals surface area contributed by atoms with Crippen LogP contribution in [0.1, 0.15) is 18.7 Å². The van der Waals surface area contributed by atoms with Gasteiger partial charge in [0.25, 0.3) is 0 Å². The topological polar surface area (TPSA) is 79.9 Å². The third kappa shape index (κ3) is 5.95. The fourth-order valence-electron chi connectivity index (χ4n) is 1.74. The van der Waals surface area contributed by atoms with Crippen LogP contribution in [0.25, 0.3) is 0 Å². The number of benzene rings is 1. The third-order valence-electron chi connectivity index (χ3n) is 2.77. The van der Waals surface area contributed by atoms with Gasteiger partial charge in [0.05, 0.1) is 13.0 Å². The van der Waals surface area contributed by atoms with E-state index < -0.39 is 0 Å². The Morgan fingerprint density at radius 1 is 1.43 bits per heavy atom. The van der Waals surface area contributed by atoms with E-state index in [0.29, 0.717) is 19.6 Å². The van der Waals surface area contributed by atoms with Crippen molar-refractivity contribution >= 4 is 21.8 Å². The summed E-state index contributed by atoms with van der Waals surface area (Å²) < 4.78 is 6.46. The molecule has 0 aliphatic heterocycles. The molecule has 1 heterocycles. The summed E-state index contributed by atoms with van der Waals surface area (Å²) in [4.78, 5) is 15.6. The first-order valence-corrected chi connectivity index (χ1v) is 7.52. The van der Waals surface area contributed by atoms with Crippen molar-refractivity contribution in [2.45, 2.75) is 19.3 Å². The first kappa shape index (κ1) is 15.5. The molecule has 1 aromatic carbocycles. The second kappa shape index (κ2) is 8.41. The van der Waals surface area contributed by atoms with Gasteiger partial charge in [-0.1, -0.05) is 22.0 Å². The summed E-state index contributed by atoms with van der Waals surface area (Å²) in [5.41, 5.74) is 0. The molecule has 0 saturated carbocycles. The molecule has 0 unspecified atom stereocenters. The molecule has 2 rings (SSSR count). The van der Waals surface area contributed by atoms with Crippen molar-refractivity contribution < 1.29 is 9.53 Å². The zero-order chi connectivity index (χ0) is 14.9. The van der Waals surface area contributed by atoms with E-state index in [1.54, 1.807) is 0 Å². The van der Waals surface area contributed by atoms with Crippen molar-refractivity contribution in [1.82, 2.24) is 20.5 Å². The molecule has 1 aromatic heterocycles. The van der Waals surface area contributed by atoms with Gasteiger partial charge in [0.2, 0.25) is 5.91 Å². The number of nitrogens with one attached hydrogen (secondary N) is 2. The molecule has 112 valence electrons. The Hall–Kier alpha value is -1.89. The number of H-pyrrole nitrogens is 1. The summed E-state index contributed by atoms with van der Waals surface area (Å²) in [5, 5.41) is 9.41. The first-order chi connectivity index (χ1) is 10.2. The van der Waals surface area contributed by atoms with Crippen LogP contribution in [0, 0.1) is 0 Å². The monoisotopic (exact) mass is 352 g/mol. The van der Waals surface area contributed by atoms with Crippen molar-refractivity contribution in [2.75, 3.05) is 13.2 Å². The molecule has 0 saturated heterocycles. The van der Waals surface area contributed by atoms with Gasteiger partial charge in [-0.2, -0.15) is 5.10 Å². The Labute approximate surface area is 131 Å². The molecule has 0 bridgehead atoms. The largest absolute Gasteiger partial charge is 0.493 e. The standard InChI is InChI=1S/C14H17BrN4O2/c15-11-3-1-4-12(9-11)21-8-6-14(20)16-7-2-5-13-17-10-18-19-13/h1,3-4,9-10H,2,5-8H2,(H,16,20)(H,17,18,19). The maximum absolute atomic E-state index is 11.6. The molecule has 0 fully saturated rings. The molecular formula is C14H17BrN4O2. The van der Waals surface area contributed by atoms with Gasteiger partial charge in [-0.25, -0.2) is 4.98 Å². The molecule has 21 heavy (non-hydrogen) atoms. The lowest BCUT2D eigenvalue weighted by atomic mass is 10.3. The summed E-state index contributed by atoms with van der Waals surface area (Å²) >= 11 is 3.37. The Bertz CT molecular complexity index is 560. The maximum Gasteiger partial charge on any atom is 0.223 e. The number of amides is 1. The zero-order valence-corrected chi connectivity index (χ0v) is 13.1. The number of rotatable bonds is 8. The number of hydrogen-bond acceptors (Lipinski definition) is 4. The third-order valence-corrected chi connectivity index (χ3v) is 3.26. The summed E-state index contributed by atoms with van der Waals surface area (Å²) in [6.45, 7) is 0.987. The molecule has 6 nitrogen and oxygen atoms in total. The molecule has 0 aliphatic rings. The number of hydrogen-bond donors (Lipinski definition) is 2. The van der Waals surface area contributed by atoms with Crippen molar-refractivity contribution in [2.24, 2.45) is 0 Å².